The van der Waals surface area contributed by atoms with E-state index in [4.69, 9.17) is 11.6 Å². The molecule has 0 aliphatic carbocycles. The fourth-order valence-corrected chi connectivity index (χ4v) is 3.60. The Bertz CT molecular complexity index is 838. The maximum atomic E-state index is 12.7. The van der Waals surface area contributed by atoms with Crippen molar-refractivity contribution in [1.82, 2.24) is 0 Å². The lowest BCUT2D eigenvalue weighted by molar-refractivity contribution is -0.384. The first-order chi connectivity index (χ1) is 12.5. The standard InChI is InChI=1S/C18H16ClN3O3S/c19-14-4-8-15(9-5-14)21(18-20-10-1-11-26-18)12-17(23)13-2-6-16(7-3-13)22(24)25/h2-9H,1,10-12H2. The number of thioether (sulfide) groups is 1. The molecule has 0 radical (unpaired) electrons. The van der Waals surface area contributed by atoms with Crippen LogP contribution in [-0.2, 0) is 0 Å². The van der Waals surface area contributed by atoms with Gasteiger partial charge in [-0.2, -0.15) is 0 Å². The zero-order chi connectivity index (χ0) is 18.5. The van der Waals surface area contributed by atoms with Gasteiger partial charge < -0.3 is 4.90 Å². The smallest absolute Gasteiger partial charge is 0.269 e. The normalized spacial score (nSPS) is 13.8. The van der Waals surface area contributed by atoms with Gasteiger partial charge >= 0.3 is 0 Å². The van der Waals surface area contributed by atoms with Crippen molar-refractivity contribution >= 4 is 45.7 Å². The van der Waals surface area contributed by atoms with E-state index < -0.39 is 4.92 Å². The molecule has 0 aromatic heterocycles. The summed E-state index contributed by atoms with van der Waals surface area (Å²) >= 11 is 7.58. The minimum Gasteiger partial charge on any atom is -0.313 e. The molecule has 0 N–H and O–H groups in total. The molecule has 1 aliphatic rings. The Morgan fingerprint density at radius 2 is 1.88 bits per heavy atom. The molecule has 0 spiro atoms. The highest BCUT2D eigenvalue weighted by Crippen LogP contribution is 2.25. The zero-order valence-electron chi connectivity index (χ0n) is 13.8. The molecule has 0 unspecified atom stereocenters. The van der Waals surface area contributed by atoms with Crippen molar-refractivity contribution in [2.75, 3.05) is 23.7 Å². The second-order valence-corrected chi connectivity index (χ2v) is 7.15. The van der Waals surface area contributed by atoms with E-state index in [1.165, 1.54) is 24.3 Å². The summed E-state index contributed by atoms with van der Waals surface area (Å²) in [6.45, 7) is 0.837. The number of aliphatic imine (C=N–C) groups is 1. The summed E-state index contributed by atoms with van der Waals surface area (Å²) in [5.41, 5.74) is 1.22. The molecule has 1 heterocycles. The predicted molar refractivity (Wildman–Crippen MR) is 106 cm³/mol. The van der Waals surface area contributed by atoms with Gasteiger partial charge in [0.2, 0.25) is 0 Å². The van der Waals surface area contributed by atoms with Crippen LogP contribution in [0.4, 0.5) is 11.4 Å². The van der Waals surface area contributed by atoms with Gasteiger partial charge in [0.15, 0.2) is 11.0 Å². The zero-order valence-corrected chi connectivity index (χ0v) is 15.4. The van der Waals surface area contributed by atoms with Crippen LogP contribution < -0.4 is 4.90 Å². The molecule has 2 aromatic rings. The van der Waals surface area contributed by atoms with Crippen molar-refractivity contribution in [2.45, 2.75) is 6.42 Å². The van der Waals surface area contributed by atoms with E-state index in [1.54, 1.807) is 23.9 Å². The molecule has 0 amide bonds. The van der Waals surface area contributed by atoms with Crippen LogP contribution >= 0.6 is 23.4 Å². The number of nitrogens with zero attached hydrogens (tertiary/aromatic N) is 3. The van der Waals surface area contributed by atoms with Crippen molar-refractivity contribution in [3.05, 3.63) is 69.2 Å². The van der Waals surface area contributed by atoms with Crippen molar-refractivity contribution in [3.63, 3.8) is 0 Å². The molecule has 0 saturated heterocycles. The van der Waals surface area contributed by atoms with Crippen molar-refractivity contribution in [1.29, 1.82) is 0 Å². The lowest BCUT2D eigenvalue weighted by atomic mass is 10.1. The van der Waals surface area contributed by atoms with Crippen LogP contribution in [0.2, 0.25) is 5.02 Å². The number of halogens is 1. The minimum atomic E-state index is -0.484. The van der Waals surface area contributed by atoms with Crippen molar-refractivity contribution < 1.29 is 9.72 Å². The van der Waals surface area contributed by atoms with Crippen LogP contribution in [0.15, 0.2) is 53.5 Å². The third-order valence-corrected chi connectivity index (χ3v) is 5.20. The lowest BCUT2D eigenvalue weighted by Crippen LogP contribution is -2.35. The van der Waals surface area contributed by atoms with E-state index in [-0.39, 0.29) is 18.0 Å². The molecule has 0 atom stereocenters. The number of amidine groups is 1. The molecule has 26 heavy (non-hydrogen) atoms. The number of nitro groups is 1. The van der Waals surface area contributed by atoms with Gasteiger partial charge in [-0.3, -0.25) is 19.9 Å². The van der Waals surface area contributed by atoms with E-state index >= 15 is 0 Å². The van der Waals surface area contributed by atoms with Gasteiger partial charge in [-0.1, -0.05) is 23.4 Å². The summed E-state index contributed by atoms with van der Waals surface area (Å²) in [6.07, 6.45) is 1.01. The van der Waals surface area contributed by atoms with Gasteiger partial charge in [0.05, 0.1) is 11.5 Å². The highest BCUT2D eigenvalue weighted by Gasteiger charge is 2.21. The topological polar surface area (TPSA) is 75.8 Å². The van der Waals surface area contributed by atoms with Gasteiger partial charge in [0, 0.05) is 40.7 Å². The number of nitro benzene ring substituents is 1. The third kappa shape index (κ3) is 4.42. The number of hydrogen-bond acceptors (Lipinski definition) is 6. The average molecular weight is 390 g/mol. The number of ketones is 1. The number of rotatable bonds is 5. The van der Waals surface area contributed by atoms with Crippen LogP contribution in [0.25, 0.3) is 0 Å². The second-order valence-electron chi connectivity index (χ2n) is 5.66. The molecule has 0 saturated carbocycles. The molecule has 0 bridgehead atoms. The Morgan fingerprint density at radius 1 is 1.19 bits per heavy atom. The van der Waals surface area contributed by atoms with Crippen LogP contribution in [0.3, 0.4) is 0 Å². The quantitative estimate of drug-likeness (QED) is 0.429. The van der Waals surface area contributed by atoms with Gasteiger partial charge in [-0.25, -0.2) is 0 Å². The van der Waals surface area contributed by atoms with Gasteiger partial charge in [0.1, 0.15) is 0 Å². The van der Waals surface area contributed by atoms with E-state index in [2.05, 4.69) is 4.99 Å². The van der Waals surface area contributed by atoms with Crippen LogP contribution in [0.1, 0.15) is 16.8 Å². The fraction of sp³-hybridized carbons (Fsp3) is 0.222. The number of benzene rings is 2. The molecule has 134 valence electrons. The lowest BCUT2D eigenvalue weighted by Gasteiger charge is -2.27. The summed E-state index contributed by atoms with van der Waals surface area (Å²) in [5.74, 6) is 0.818. The number of hydrogen-bond donors (Lipinski definition) is 0. The van der Waals surface area contributed by atoms with Gasteiger partial charge in [-0.05, 0) is 42.8 Å². The Hall–Kier alpha value is -2.38. The molecule has 3 rings (SSSR count). The molecule has 0 fully saturated rings. The first-order valence-corrected chi connectivity index (χ1v) is 9.39. The van der Waals surface area contributed by atoms with Crippen LogP contribution in [-0.4, -0.2) is 34.7 Å². The number of carbonyl (C=O) groups is 1. The number of carbonyl (C=O) groups excluding carboxylic acids is 1. The predicted octanol–water partition coefficient (Wildman–Crippen LogP) is 4.43. The summed E-state index contributed by atoms with van der Waals surface area (Å²) < 4.78 is 0. The van der Waals surface area contributed by atoms with Crippen molar-refractivity contribution in [3.8, 4) is 0 Å². The molecule has 8 heteroatoms. The molecule has 2 aromatic carbocycles. The summed E-state index contributed by atoms with van der Waals surface area (Å²) in [6, 6.07) is 12.9. The van der Waals surface area contributed by atoms with E-state index in [1.807, 2.05) is 17.0 Å². The van der Waals surface area contributed by atoms with Crippen molar-refractivity contribution in [2.24, 2.45) is 4.99 Å². The van der Waals surface area contributed by atoms with E-state index in [9.17, 15) is 14.9 Å². The minimum absolute atomic E-state index is 0.0386. The highest BCUT2D eigenvalue weighted by atomic mass is 35.5. The second kappa shape index (κ2) is 8.33. The Labute approximate surface area is 160 Å². The third-order valence-electron chi connectivity index (χ3n) is 3.85. The van der Waals surface area contributed by atoms with Crippen LogP contribution in [0.5, 0.6) is 0 Å². The number of anilines is 1. The number of Topliss-reactive ketones (excluding diaryl/α,β-unsaturated/α-hetero) is 1. The Kier molecular flexibility index (Phi) is 5.90. The maximum Gasteiger partial charge on any atom is 0.269 e. The molecule has 6 nitrogen and oxygen atoms in total. The molecular weight excluding hydrogens is 374 g/mol. The van der Waals surface area contributed by atoms with E-state index in [0.29, 0.717) is 10.6 Å². The first kappa shape index (κ1) is 18.4. The van der Waals surface area contributed by atoms with Crippen LogP contribution in [0, 0.1) is 10.1 Å². The summed E-state index contributed by atoms with van der Waals surface area (Å²) in [5, 5.41) is 12.2. The maximum absolute atomic E-state index is 12.7. The Morgan fingerprint density at radius 3 is 2.46 bits per heavy atom. The largest absolute Gasteiger partial charge is 0.313 e. The fourth-order valence-electron chi connectivity index (χ4n) is 2.51. The summed E-state index contributed by atoms with van der Waals surface area (Å²) in [4.78, 5) is 29.4. The molecular formula is C18H16ClN3O3S. The SMILES string of the molecule is O=C(CN(C1=NCCCS1)c1ccc(Cl)cc1)c1ccc([N+](=O)[O-])cc1. The molecule has 1 aliphatic heterocycles. The average Bonchev–Trinajstić information content (AvgIpc) is 2.67. The van der Waals surface area contributed by atoms with Gasteiger partial charge in [0.25, 0.3) is 5.69 Å². The highest BCUT2D eigenvalue weighted by molar-refractivity contribution is 8.14. The summed E-state index contributed by atoms with van der Waals surface area (Å²) in [7, 11) is 0. The first-order valence-electron chi connectivity index (χ1n) is 8.02. The van der Waals surface area contributed by atoms with E-state index in [0.717, 1.165) is 29.6 Å². The Balaban J connectivity index is 1.84. The monoisotopic (exact) mass is 389 g/mol. The number of non-ortho nitro benzene ring substituents is 1. The van der Waals surface area contributed by atoms with Gasteiger partial charge in [-0.15, -0.1) is 0 Å².